The highest BCUT2D eigenvalue weighted by molar-refractivity contribution is 6.00. The Hall–Kier alpha value is -3.84. The van der Waals surface area contributed by atoms with Gasteiger partial charge in [-0.1, -0.05) is 42.0 Å². The van der Waals surface area contributed by atoms with Crippen molar-refractivity contribution in [2.45, 2.75) is 13.5 Å². The number of nitrogens with zero attached hydrogens (tertiary/aromatic N) is 1. The Morgan fingerprint density at radius 2 is 1.62 bits per heavy atom. The van der Waals surface area contributed by atoms with Crippen molar-refractivity contribution in [2.75, 3.05) is 48.4 Å². The number of para-hydroxylation sites is 1. The van der Waals surface area contributed by atoms with E-state index in [9.17, 15) is 9.59 Å². The molecule has 4 rings (SSSR count). The molecule has 3 aromatic carbocycles. The van der Waals surface area contributed by atoms with Crippen molar-refractivity contribution in [3.63, 3.8) is 0 Å². The largest absolute Gasteiger partial charge is 0.378 e. The Bertz CT molecular complexity index is 1110. The van der Waals surface area contributed by atoms with Gasteiger partial charge in [0.2, 0.25) is 5.91 Å². The summed E-state index contributed by atoms with van der Waals surface area (Å²) in [5.41, 5.74) is 5.16. The molecule has 176 valence electrons. The molecule has 0 atom stereocenters. The number of rotatable bonds is 8. The van der Waals surface area contributed by atoms with Gasteiger partial charge in [0, 0.05) is 36.7 Å². The molecule has 0 aromatic heterocycles. The molecule has 0 saturated carbocycles. The van der Waals surface area contributed by atoms with Crippen molar-refractivity contribution in [1.82, 2.24) is 5.32 Å². The molecule has 1 aliphatic heterocycles. The number of morpholine rings is 1. The summed E-state index contributed by atoms with van der Waals surface area (Å²) in [5, 5.41) is 8.93. The van der Waals surface area contributed by atoms with Gasteiger partial charge < -0.3 is 25.6 Å². The van der Waals surface area contributed by atoms with Crippen molar-refractivity contribution in [3.8, 4) is 0 Å². The third-order valence-electron chi connectivity index (χ3n) is 5.71. The van der Waals surface area contributed by atoms with Gasteiger partial charge in [-0.05, 0) is 48.9 Å². The number of ether oxygens (including phenoxy) is 1. The molecule has 1 saturated heterocycles. The average molecular weight is 459 g/mol. The Morgan fingerprint density at radius 3 is 2.35 bits per heavy atom. The molecule has 1 heterocycles. The summed E-state index contributed by atoms with van der Waals surface area (Å²) < 4.78 is 5.39. The highest BCUT2D eigenvalue weighted by Gasteiger charge is 2.13. The molecular formula is C27H30N4O3. The third kappa shape index (κ3) is 6.36. The van der Waals surface area contributed by atoms with Gasteiger partial charge in [-0.2, -0.15) is 0 Å². The van der Waals surface area contributed by atoms with Crippen LogP contribution < -0.4 is 20.9 Å². The molecule has 1 aliphatic rings. The van der Waals surface area contributed by atoms with E-state index in [2.05, 4.69) is 20.9 Å². The van der Waals surface area contributed by atoms with Crippen LogP contribution in [0.4, 0.5) is 17.1 Å². The zero-order valence-electron chi connectivity index (χ0n) is 19.3. The maximum absolute atomic E-state index is 12.7. The predicted octanol–water partition coefficient (Wildman–Crippen LogP) is 3.81. The monoisotopic (exact) mass is 458 g/mol. The van der Waals surface area contributed by atoms with Crippen LogP contribution in [0.15, 0.2) is 72.8 Å². The van der Waals surface area contributed by atoms with Gasteiger partial charge in [0.05, 0.1) is 25.3 Å². The van der Waals surface area contributed by atoms with Crippen molar-refractivity contribution in [3.05, 3.63) is 89.5 Å². The molecule has 7 heteroatoms. The fraction of sp³-hybridized carbons (Fsp3) is 0.259. The molecule has 0 unspecified atom stereocenters. The smallest absolute Gasteiger partial charge is 0.253 e. The Kier molecular flexibility index (Phi) is 7.78. The van der Waals surface area contributed by atoms with Gasteiger partial charge in [0.1, 0.15) is 0 Å². The van der Waals surface area contributed by atoms with E-state index in [4.69, 9.17) is 4.74 Å². The number of aryl methyl sites for hydroxylation is 1. The molecule has 34 heavy (non-hydrogen) atoms. The standard InChI is InChI=1S/C27H30N4O3/c1-20-6-8-21(9-7-20)18-29-27(33)24-4-2-3-5-25(24)28-19-26(32)30-22-10-12-23(13-11-22)31-14-16-34-17-15-31/h2-13,28H,14-19H2,1H3,(H,29,33)(H,30,32). The van der Waals surface area contributed by atoms with Crippen LogP contribution in [0.5, 0.6) is 0 Å². The zero-order chi connectivity index (χ0) is 23.8. The average Bonchev–Trinajstić information content (AvgIpc) is 2.88. The SMILES string of the molecule is Cc1ccc(CNC(=O)c2ccccc2NCC(=O)Nc2ccc(N3CCOCC3)cc2)cc1. The molecule has 0 bridgehead atoms. The number of carbonyl (C=O) groups excluding carboxylic acids is 2. The number of anilines is 3. The Balaban J connectivity index is 1.29. The van der Waals surface area contributed by atoms with Crippen molar-refractivity contribution in [2.24, 2.45) is 0 Å². The van der Waals surface area contributed by atoms with Crippen LogP contribution in [0.2, 0.25) is 0 Å². The van der Waals surface area contributed by atoms with Gasteiger partial charge in [-0.3, -0.25) is 9.59 Å². The van der Waals surface area contributed by atoms with Gasteiger partial charge in [-0.15, -0.1) is 0 Å². The molecule has 0 spiro atoms. The minimum absolute atomic E-state index is 0.0491. The second-order valence-electron chi connectivity index (χ2n) is 8.26. The quantitative estimate of drug-likeness (QED) is 0.478. The van der Waals surface area contributed by atoms with Gasteiger partial charge in [0.15, 0.2) is 0 Å². The van der Waals surface area contributed by atoms with Crippen LogP contribution in [0, 0.1) is 6.92 Å². The summed E-state index contributed by atoms with van der Waals surface area (Å²) in [7, 11) is 0. The fourth-order valence-electron chi connectivity index (χ4n) is 3.78. The van der Waals surface area contributed by atoms with Crippen LogP contribution in [-0.4, -0.2) is 44.7 Å². The van der Waals surface area contributed by atoms with Gasteiger partial charge >= 0.3 is 0 Å². The molecular weight excluding hydrogens is 428 g/mol. The fourth-order valence-corrected chi connectivity index (χ4v) is 3.78. The van der Waals surface area contributed by atoms with Crippen LogP contribution in [0.3, 0.4) is 0 Å². The van der Waals surface area contributed by atoms with E-state index in [0.717, 1.165) is 43.2 Å². The first-order valence-electron chi connectivity index (χ1n) is 11.5. The minimum Gasteiger partial charge on any atom is -0.378 e. The summed E-state index contributed by atoms with van der Waals surface area (Å²) in [6.45, 7) is 5.72. The molecule has 0 aliphatic carbocycles. The lowest BCUT2D eigenvalue weighted by molar-refractivity contribution is -0.114. The topological polar surface area (TPSA) is 82.7 Å². The van der Waals surface area contributed by atoms with Crippen molar-refractivity contribution in [1.29, 1.82) is 0 Å². The van der Waals surface area contributed by atoms with E-state index >= 15 is 0 Å². The lowest BCUT2D eigenvalue weighted by Gasteiger charge is -2.28. The van der Waals surface area contributed by atoms with E-state index in [1.165, 1.54) is 5.56 Å². The van der Waals surface area contributed by atoms with Crippen LogP contribution in [0.25, 0.3) is 0 Å². The number of nitrogens with one attached hydrogen (secondary N) is 3. The van der Waals surface area contributed by atoms with E-state index in [1.807, 2.05) is 67.6 Å². The maximum atomic E-state index is 12.7. The van der Waals surface area contributed by atoms with E-state index < -0.39 is 0 Å². The molecule has 7 nitrogen and oxygen atoms in total. The number of benzene rings is 3. The van der Waals surface area contributed by atoms with E-state index in [0.29, 0.717) is 17.8 Å². The highest BCUT2D eigenvalue weighted by atomic mass is 16.5. The van der Waals surface area contributed by atoms with Crippen LogP contribution in [0.1, 0.15) is 21.5 Å². The Morgan fingerprint density at radius 1 is 0.912 bits per heavy atom. The van der Waals surface area contributed by atoms with E-state index in [1.54, 1.807) is 12.1 Å². The van der Waals surface area contributed by atoms with Crippen LogP contribution >= 0.6 is 0 Å². The zero-order valence-corrected chi connectivity index (χ0v) is 19.3. The number of carbonyl (C=O) groups is 2. The molecule has 3 aromatic rings. The molecule has 3 N–H and O–H groups in total. The molecule has 1 fully saturated rings. The summed E-state index contributed by atoms with van der Waals surface area (Å²) in [4.78, 5) is 27.5. The minimum atomic E-state index is -0.192. The highest BCUT2D eigenvalue weighted by Crippen LogP contribution is 2.19. The first-order valence-corrected chi connectivity index (χ1v) is 11.5. The first-order chi connectivity index (χ1) is 16.6. The molecule has 0 radical (unpaired) electrons. The number of amides is 2. The van der Waals surface area contributed by atoms with Crippen molar-refractivity contribution < 1.29 is 14.3 Å². The predicted molar refractivity (Wildman–Crippen MR) is 135 cm³/mol. The van der Waals surface area contributed by atoms with Crippen LogP contribution in [-0.2, 0) is 16.1 Å². The summed E-state index contributed by atoms with van der Waals surface area (Å²) in [6.07, 6.45) is 0. The maximum Gasteiger partial charge on any atom is 0.253 e. The lowest BCUT2D eigenvalue weighted by atomic mass is 10.1. The number of hydrogen-bond donors (Lipinski definition) is 3. The summed E-state index contributed by atoms with van der Waals surface area (Å²) >= 11 is 0. The summed E-state index contributed by atoms with van der Waals surface area (Å²) in [6, 6.07) is 23.0. The lowest BCUT2D eigenvalue weighted by Crippen LogP contribution is -2.36. The van der Waals surface area contributed by atoms with Gasteiger partial charge in [0.25, 0.3) is 5.91 Å². The first kappa shape index (κ1) is 23.3. The van der Waals surface area contributed by atoms with Gasteiger partial charge in [-0.25, -0.2) is 0 Å². The van der Waals surface area contributed by atoms with E-state index in [-0.39, 0.29) is 18.4 Å². The van der Waals surface area contributed by atoms with Crippen molar-refractivity contribution >= 4 is 28.9 Å². The Labute approximate surface area is 200 Å². The second-order valence-corrected chi connectivity index (χ2v) is 8.26. The number of hydrogen-bond acceptors (Lipinski definition) is 5. The third-order valence-corrected chi connectivity index (χ3v) is 5.71. The molecule has 2 amide bonds. The summed E-state index contributed by atoms with van der Waals surface area (Å²) in [5.74, 6) is -0.378. The second kappa shape index (κ2) is 11.3. The normalized spacial score (nSPS) is 13.3.